The molecule has 1 amide bonds. The normalized spacial score (nSPS) is 11.3. The van der Waals surface area contributed by atoms with Crippen LogP contribution in [0.2, 0.25) is 0 Å². The van der Waals surface area contributed by atoms with Gasteiger partial charge in [0.05, 0.1) is 32.7 Å². The van der Waals surface area contributed by atoms with E-state index in [-0.39, 0.29) is 5.91 Å². The zero-order valence-electron chi connectivity index (χ0n) is 16.5. The maximum Gasteiger partial charge on any atom is 0.289 e. The van der Waals surface area contributed by atoms with Crippen LogP contribution in [0.3, 0.4) is 0 Å². The number of nitrogens with zero attached hydrogens (tertiary/aromatic N) is 4. The molecule has 5 rings (SSSR count). The molecule has 2 aromatic carbocycles. The lowest BCUT2D eigenvalue weighted by atomic mass is 10.1. The molecule has 0 aliphatic heterocycles. The van der Waals surface area contributed by atoms with E-state index in [1.165, 1.54) is 28.2 Å². The van der Waals surface area contributed by atoms with Crippen molar-refractivity contribution in [3.8, 4) is 0 Å². The number of rotatable bonds is 4. The maximum atomic E-state index is 13.6. The lowest BCUT2D eigenvalue weighted by Gasteiger charge is -2.18. The van der Waals surface area contributed by atoms with Crippen molar-refractivity contribution < 1.29 is 4.79 Å². The molecule has 0 fully saturated rings. The standard InChI is InChI=1S/C23H18N4OS2/c1-14-10-11-19-20(15(14)2)26-23(30-19)27(13-16-7-5-6-12-24-16)22(28)21-25-17-8-3-4-9-18(17)29-21/h3-12H,13H2,1-2H3. The second-order valence-corrected chi connectivity index (χ2v) is 9.09. The highest BCUT2D eigenvalue weighted by molar-refractivity contribution is 7.23. The average Bonchev–Trinajstić information content (AvgIpc) is 3.39. The molecule has 0 radical (unpaired) electrons. The topological polar surface area (TPSA) is 59.0 Å². The first kappa shape index (κ1) is 18.8. The summed E-state index contributed by atoms with van der Waals surface area (Å²) < 4.78 is 2.06. The summed E-state index contributed by atoms with van der Waals surface area (Å²) in [6.45, 7) is 4.48. The lowest BCUT2D eigenvalue weighted by molar-refractivity contribution is 0.0984. The summed E-state index contributed by atoms with van der Waals surface area (Å²) >= 11 is 2.93. The van der Waals surface area contributed by atoms with Gasteiger partial charge in [0, 0.05) is 6.20 Å². The van der Waals surface area contributed by atoms with Gasteiger partial charge in [-0.2, -0.15) is 0 Å². The quantitative estimate of drug-likeness (QED) is 0.363. The molecule has 0 bridgehead atoms. The molecule has 5 nitrogen and oxygen atoms in total. The Morgan fingerprint density at radius 3 is 2.57 bits per heavy atom. The number of anilines is 1. The number of thiazole rings is 2. The van der Waals surface area contributed by atoms with Crippen LogP contribution >= 0.6 is 22.7 Å². The van der Waals surface area contributed by atoms with Crippen LogP contribution in [0.25, 0.3) is 20.4 Å². The van der Waals surface area contributed by atoms with Crippen molar-refractivity contribution in [3.05, 3.63) is 82.6 Å². The van der Waals surface area contributed by atoms with Crippen molar-refractivity contribution >= 4 is 54.1 Å². The van der Waals surface area contributed by atoms with Gasteiger partial charge in [0.2, 0.25) is 0 Å². The smallest absolute Gasteiger partial charge is 0.276 e. The summed E-state index contributed by atoms with van der Waals surface area (Å²) in [5, 5.41) is 1.12. The van der Waals surface area contributed by atoms with Crippen LogP contribution in [0, 0.1) is 13.8 Å². The van der Waals surface area contributed by atoms with Crippen molar-refractivity contribution in [1.29, 1.82) is 0 Å². The maximum absolute atomic E-state index is 13.6. The molecule has 30 heavy (non-hydrogen) atoms. The molecular weight excluding hydrogens is 412 g/mol. The van der Waals surface area contributed by atoms with Gasteiger partial charge in [-0.25, -0.2) is 9.97 Å². The lowest BCUT2D eigenvalue weighted by Crippen LogP contribution is -2.30. The van der Waals surface area contributed by atoms with E-state index in [4.69, 9.17) is 4.98 Å². The van der Waals surface area contributed by atoms with Gasteiger partial charge in [-0.3, -0.25) is 14.7 Å². The van der Waals surface area contributed by atoms with Crippen molar-refractivity contribution in [1.82, 2.24) is 15.0 Å². The van der Waals surface area contributed by atoms with Gasteiger partial charge >= 0.3 is 0 Å². The Hall–Kier alpha value is -3.16. The third-order valence-corrected chi connectivity index (χ3v) is 7.14. The van der Waals surface area contributed by atoms with Gasteiger partial charge in [-0.05, 0) is 55.3 Å². The second kappa shape index (κ2) is 7.59. The molecule has 148 valence electrons. The average molecular weight is 431 g/mol. The molecule has 7 heteroatoms. The second-order valence-electron chi connectivity index (χ2n) is 7.05. The predicted octanol–water partition coefficient (Wildman–Crippen LogP) is 5.76. The largest absolute Gasteiger partial charge is 0.289 e. The summed E-state index contributed by atoms with van der Waals surface area (Å²) in [6, 6.07) is 17.7. The summed E-state index contributed by atoms with van der Waals surface area (Å²) in [4.78, 5) is 29.1. The molecule has 3 aromatic heterocycles. The fourth-order valence-electron chi connectivity index (χ4n) is 3.29. The van der Waals surface area contributed by atoms with Crippen LogP contribution < -0.4 is 4.90 Å². The van der Waals surface area contributed by atoms with Gasteiger partial charge in [0.1, 0.15) is 0 Å². The third-order valence-electron chi connectivity index (χ3n) is 5.07. The molecule has 0 aliphatic carbocycles. The van der Waals surface area contributed by atoms with Gasteiger partial charge in [-0.15, -0.1) is 11.3 Å². The number of hydrogen-bond acceptors (Lipinski definition) is 6. The molecule has 0 N–H and O–H groups in total. The van der Waals surface area contributed by atoms with E-state index in [0.717, 1.165) is 31.7 Å². The Balaban J connectivity index is 1.61. The molecular formula is C23H18N4OS2. The van der Waals surface area contributed by atoms with E-state index in [1.807, 2.05) is 42.5 Å². The first-order valence-corrected chi connectivity index (χ1v) is 11.2. The van der Waals surface area contributed by atoms with E-state index in [0.29, 0.717) is 16.7 Å². The molecule has 0 spiro atoms. The van der Waals surface area contributed by atoms with Gasteiger partial charge in [0.15, 0.2) is 10.1 Å². The number of carbonyl (C=O) groups is 1. The number of carbonyl (C=O) groups excluding carboxylic acids is 1. The van der Waals surface area contributed by atoms with Crippen LogP contribution in [0.15, 0.2) is 60.8 Å². The zero-order chi connectivity index (χ0) is 20.7. The summed E-state index contributed by atoms with van der Waals surface area (Å²) in [5.41, 5.74) is 4.91. The summed E-state index contributed by atoms with van der Waals surface area (Å²) in [6.07, 6.45) is 1.74. The van der Waals surface area contributed by atoms with Crippen LogP contribution in [-0.2, 0) is 6.54 Å². The highest BCUT2D eigenvalue weighted by Gasteiger charge is 2.25. The van der Waals surface area contributed by atoms with E-state index >= 15 is 0 Å². The van der Waals surface area contributed by atoms with Crippen molar-refractivity contribution in [2.45, 2.75) is 20.4 Å². The highest BCUT2D eigenvalue weighted by atomic mass is 32.1. The minimum atomic E-state index is -0.157. The number of pyridine rings is 1. The number of hydrogen-bond donors (Lipinski definition) is 0. The van der Waals surface area contributed by atoms with E-state index in [9.17, 15) is 4.79 Å². The summed E-state index contributed by atoms with van der Waals surface area (Å²) in [5.74, 6) is -0.157. The fourth-order valence-corrected chi connectivity index (χ4v) is 5.23. The molecule has 0 atom stereocenters. The van der Waals surface area contributed by atoms with Crippen molar-refractivity contribution in [3.63, 3.8) is 0 Å². The molecule has 0 aliphatic rings. The number of aryl methyl sites for hydroxylation is 2. The van der Waals surface area contributed by atoms with Crippen molar-refractivity contribution in [2.24, 2.45) is 0 Å². The highest BCUT2D eigenvalue weighted by Crippen LogP contribution is 2.34. The fraction of sp³-hybridized carbons (Fsp3) is 0.130. The van der Waals surface area contributed by atoms with Gasteiger partial charge in [0.25, 0.3) is 5.91 Å². The number of fused-ring (bicyclic) bond motifs is 2. The Bertz CT molecular complexity index is 1340. The minimum Gasteiger partial charge on any atom is -0.276 e. The molecule has 0 unspecified atom stereocenters. The number of amides is 1. The minimum absolute atomic E-state index is 0.157. The number of aromatic nitrogens is 3. The van der Waals surface area contributed by atoms with E-state index in [1.54, 1.807) is 11.1 Å². The SMILES string of the molecule is Cc1ccc2sc(N(Cc3ccccn3)C(=O)c3nc4ccccc4s3)nc2c1C. The Labute approximate surface area is 181 Å². The first-order chi connectivity index (χ1) is 14.6. The predicted molar refractivity (Wildman–Crippen MR) is 123 cm³/mol. The zero-order valence-corrected chi connectivity index (χ0v) is 18.1. The Morgan fingerprint density at radius 2 is 1.77 bits per heavy atom. The first-order valence-electron chi connectivity index (χ1n) is 9.54. The third kappa shape index (κ3) is 3.36. The van der Waals surface area contributed by atoms with Crippen molar-refractivity contribution in [2.75, 3.05) is 4.90 Å². The molecule has 3 heterocycles. The summed E-state index contributed by atoms with van der Waals surface area (Å²) in [7, 11) is 0. The van der Waals surface area contributed by atoms with E-state index in [2.05, 4.69) is 35.9 Å². The molecule has 0 saturated heterocycles. The monoisotopic (exact) mass is 430 g/mol. The van der Waals surface area contributed by atoms with Gasteiger partial charge < -0.3 is 0 Å². The molecule has 0 saturated carbocycles. The van der Waals surface area contributed by atoms with Crippen LogP contribution in [-0.4, -0.2) is 20.9 Å². The van der Waals surface area contributed by atoms with E-state index < -0.39 is 0 Å². The number of benzene rings is 2. The molecule has 5 aromatic rings. The number of para-hydroxylation sites is 1. The van der Waals surface area contributed by atoms with Crippen LogP contribution in [0.4, 0.5) is 5.13 Å². The van der Waals surface area contributed by atoms with Gasteiger partial charge in [-0.1, -0.05) is 35.6 Å². The van der Waals surface area contributed by atoms with Crippen LogP contribution in [0.5, 0.6) is 0 Å². The van der Waals surface area contributed by atoms with Crippen LogP contribution in [0.1, 0.15) is 26.6 Å². The Kier molecular flexibility index (Phi) is 4.77. The Morgan fingerprint density at radius 1 is 0.933 bits per heavy atom.